The van der Waals surface area contributed by atoms with E-state index in [1.807, 2.05) is 7.05 Å². The average Bonchev–Trinajstić information content (AvgIpc) is 3.30. The van der Waals surface area contributed by atoms with E-state index >= 15 is 0 Å². The van der Waals surface area contributed by atoms with Crippen molar-refractivity contribution < 1.29 is 0 Å². The van der Waals surface area contributed by atoms with Crippen LogP contribution in [0.3, 0.4) is 0 Å². The van der Waals surface area contributed by atoms with Gasteiger partial charge in [0.05, 0.1) is 0 Å². The number of aliphatic imine (C=N–C) groups is 1. The van der Waals surface area contributed by atoms with Crippen LogP contribution in [0.5, 0.6) is 0 Å². The lowest BCUT2D eigenvalue weighted by molar-refractivity contribution is 0.127. The Morgan fingerprint density at radius 2 is 1.87 bits per heavy atom. The molecule has 4 nitrogen and oxygen atoms in total. The third-order valence-electron chi connectivity index (χ3n) is 5.26. The molecule has 1 saturated carbocycles. The number of hydrogen-bond donors (Lipinski definition) is 1. The van der Waals surface area contributed by atoms with Crippen molar-refractivity contribution in [3.63, 3.8) is 0 Å². The Kier molecular flexibility index (Phi) is 5.21. The molecule has 126 valence electrons. The predicted octanol–water partition coefficient (Wildman–Crippen LogP) is 2.74. The summed E-state index contributed by atoms with van der Waals surface area (Å²) in [6.45, 7) is 8.92. The van der Waals surface area contributed by atoms with Crippen molar-refractivity contribution in [3.05, 3.63) is 35.9 Å². The van der Waals surface area contributed by atoms with Crippen molar-refractivity contribution >= 4 is 5.96 Å². The van der Waals surface area contributed by atoms with Crippen LogP contribution in [-0.2, 0) is 0 Å². The molecule has 3 atom stereocenters. The van der Waals surface area contributed by atoms with Gasteiger partial charge >= 0.3 is 0 Å². The van der Waals surface area contributed by atoms with Gasteiger partial charge in [-0.1, -0.05) is 44.2 Å². The molecule has 23 heavy (non-hydrogen) atoms. The zero-order chi connectivity index (χ0) is 16.2. The number of hydrogen-bond acceptors (Lipinski definition) is 2. The summed E-state index contributed by atoms with van der Waals surface area (Å²) in [4.78, 5) is 9.53. The summed E-state index contributed by atoms with van der Waals surface area (Å²) in [5, 5.41) is 3.61. The summed E-state index contributed by atoms with van der Waals surface area (Å²) in [5.74, 6) is 1.89. The van der Waals surface area contributed by atoms with E-state index in [1.54, 1.807) is 0 Å². The van der Waals surface area contributed by atoms with Gasteiger partial charge in [0.2, 0.25) is 0 Å². The molecule has 1 aromatic rings. The lowest BCUT2D eigenvalue weighted by atomic mass is 10.0. The molecule has 1 heterocycles. The monoisotopic (exact) mass is 314 g/mol. The minimum absolute atomic E-state index is 0.539. The van der Waals surface area contributed by atoms with Gasteiger partial charge in [0, 0.05) is 45.3 Å². The molecule has 1 saturated heterocycles. The van der Waals surface area contributed by atoms with Gasteiger partial charge in [-0.3, -0.25) is 9.89 Å². The van der Waals surface area contributed by atoms with Crippen LogP contribution in [0.15, 0.2) is 35.3 Å². The summed E-state index contributed by atoms with van der Waals surface area (Å²) in [6, 6.07) is 12.1. The van der Waals surface area contributed by atoms with Crippen molar-refractivity contribution in [2.75, 3.05) is 33.2 Å². The topological polar surface area (TPSA) is 30.9 Å². The maximum atomic E-state index is 4.49. The van der Waals surface area contributed by atoms with Gasteiger partial charge in [-0.05, 0) is 24.3 Å². The van der Waals surface area contributed by atoms with Crippen LogP contribution in [0.2, 0.25) is 0 Å². The maximum Gasteiger partial charge on any atom is 0.193 e. The molecule has 3 rings (SSSR count). The zero-order valence-corrected chi connectivity index (χ0v) is 14.7. The second kappa shape index (κ2) is 7.35. The molecule has 0 spiro atoms. The molecule has 4 heteroatoms. The van der Waals surface area contributed by atoms with E-state index in [2.05, 4.69) is 64.3 Å². The third kappa shape index (κ3) is 3.86. The van der Waals surface area contributed by atoms with Gasteiger partial charge in [0.25, 0.3) is 0 Å². The van der Waals surface area contributed by atoms with E-state index in [-0.39, 0.29) is 0 Å². The van der Waals surface area contributed by atoms with Gasteiger partial charge in [0.15, 0.2) is 5.96 Å². The van der Waals surface area contributed by atoms with Crippen LogP contribution in [-0.4, -0.2) is 55.0 Å². The molecule has 1 N–H and O–H groups in total. The van der Waals surface area contributed by atoms with Crippen LogP contribution >= 0.6 is 0 Å². The molecule has 0 radical (unpaired) electrons. The SMILES string of the molecule is CCC(c1ccccc1)N1CCN(C(=NC)NC2CC2C)CC1. The molecular formula is C19H30N4. The van der Waals surface area contributed by atoms with E-state index in [4.69, 9.17) is 0 Å². The molecule has 2 aliphatic rings. The Morgan fingerprint density at radius 3 is 2.39 bits per heavy atom. The highest BCUT2D eigenvalue weighted by molar-refractivity contribution is 5.80. The summed E-state index contributed by atoms with van der Waals surface area (Å²) >= 11 is 0. The first-order chi connectivity index (χ1) is 11.2. The summed E-state index contributed by atoms with van der Waals surface area (Å²) in [6.07, 6.45) is 2.45. The summed E-state index contributed by atoms with van der Waals surface area (Å²) in [5.41, 5.74) is 1.44. The highest BCUT2D eigenvalue weighted by Crippen LogP contribution is 2.29. The van der Waals surface area contributed by atoms with Gasteiger partial charge in [-0.2, -0.15) is 0 Å². The first-order valence-corrected chi connectivity index (χ1v) is 9.00. The molecule has 0 bridgehead atoms. The van der Waals surface area contributed by atoms with E-state index in [0.717, 1.165) is 44.5 Å². The van der Waals surface area contributed by atoms with Gasteiger partial charge in [-0.15, -0.1) is 0 Å². The lowest BCUT2D eigenvalue weighted by Crippen LogP contribution is -2.53. The van der Waals surface area contributed by atoms with Crippen molar-refractivity contribution in [2.24, 2.45) is 10.9 Å². The molecule has 1 aromatic carbocycles. The first-order valence-electron chi connectivity index (χ1n) is 9.00. The van der Waals surface area contributed by atoms with Crippen LogP contribution < -0.4 is 5.32 Å². The fourth-order valence-electron chi connectivity index (χ4n) is 3.61. The smallest absolute Gasteiger partial charge is 0.193 e. The van der Waals surface area contributed by atoms with Gasteiger partial charge in [-0.25, -0.2) is 0 Å². The molecule has 0 aromatic heterocycles. The van der Waals surface area contributed by atoms with Crippen molar-refractivity contribution in [1.29, 1.82) is 0 Å². The largest absolute Gasteiger partial charge is 0.353 e. The minimum Gasteiger partial charge on any atom is -0.353 e. The van der Waals surface area contributed by atoms with Crippen molar-refractivity contribution in [1.82, 2.24) is 15.1 Å². The normalized spacial score (nSPS) is 26.9. The third-order valence-corrected chi connectivity index (χ3v) is 5.26. The van der Waals surface area contributed by atoms with E-state index in [0.29, 0.717) is 12.1 Å². The highest BCUT2D eigenvalue weighted by Gasteiger charge is 2.34. The number of nitrogens with one attached hydrogen (secondary N) is 1. The minimum atomic E-state index is 0.539. The van der Waals surface area contributed by atoms with Crippen molar-refractivity contribution in [3.8, 4) is 0 Å². The Balaban J connectivity index is 1.57. The van der Waals surface area contributed by atoms with Gasteiger partial charge in [0.1, 0.15) is 0 Å². The van der Waals surface area contributed by atoms with Gasteiger partial charge < -0.3 is 10.2 Å². The van der Waals surface area contributed by atoms with Crippen LogP contribution in [0, 0.1) is 5.92 Å². The highest BCUT2D eigenvalue weighted by atomic mass is 15.4. The average molecular weight is 314 g/mol. The zero-order valence-electron chi connectivity index (χ0n) is 14.7. The second-order valence-electron chi connectivity index (χ2n) is 6.87. The molecule has 2 fully saturated rings. The quantitative estimate of drug-likeness (QED) is 0.685. The molecular weight excluding hydrogens is 284 g/mol. The van der Waals surface area contributed by atoms with Crippen LogP contribution in [0.25, 0.3) is 0 Å². The molecule has 1 aliphatic heterocycles. The molecule has 3 unspecified atom stereocenters. The number of guanidine groups is 1. The van der Waals surface area contributed by atoms with Crippen LogP contribution in [0.4, 0.5) is 0 Å². The number of benzene rings is 1. The number of nitrogens with zero attached hydrogens (tertiary/aromatic N) is 3. The maximum absolute atomic E-state index is 4.49. The Morgan fingerprint density at radius 1 is 1.22 bits per heavy atom. The number of piperazine rings is 1. The fourth-order valence-corrected chi connectivity index (χ4v) is 3.61. The second-order valence-corrected chi connectivity index (χ2v) is 6.87. The Bertz CT molecular complexity index is 519. The molecule has 0 amide bonds. The molecule has 1 aliphatic carbocycles. The van der Waals surface area contributed by atoms with E-state index in [1.165, 1.54) is 12.0 Å². The number of rotatable bonds is 4. The Hall–Kier alpha value is -1.55. The standard InChI is InChI=1S/C19H30N4/c1-4-18(16-8-6-5-7-9-16)22-10-12-23(13-11-22)19(20-3)21-17-14-15(17)2/h5-9,15,17-18H,4,10-14H2,1-3H3,(H,20,21). The lowest BCUT2D eigenvalue weighted by Gasteiger charge is -2.40. The summed E-state index contributed by atoms with van der Waals surface area (Å²) < 4.78 is 0. The Labute approximate surface area is 140 Å². The van der Waals surface area contributed by atoms with Crippen molar-refractivity contribution in [2.45, 2.75) is 38.8 Å². The van der Waals surface area contributed by atoms with E-state index in [9.17, 15) is 0 Å². The van der Waals surface area contributed by atoms with Crippen LogP contribution in [0.1, 0.15) is 38.3 Å². The summed E-state index contributed by atoms with van der Waals surface area (Å²) in [7, 11) is 1.90. The first kappa shape index (κ1) is 16.3. The van der Waals surface area contributed by atoms with E-state index < -0.39 is 0 Å². The fraction of sp³-hybridized carbons (Fsp3) is 0.632. The predicted molar refractivity (Wildman–Crippen MR) is 96.7 cm³/mol.